The molecule has 1 N–H and O–H groups in total. The molecule has 2 unspecified atom stereocenters. The molecule has 36 heavy (non-hydrogen) atoms. The molecular weight excluding hydrogens is 480 g/mol. The zero-order valence-corrected chi connectivity index (χ0v) is 21.7. The molecule has 2 bridgehead atoms. The summed E-state index contributed by atoms with van der Waals surface area (Å²) < 4.78 is 9.52. The van der Waals surface area contributed by atoms with Crippen LogP contribution in [0, 0.1) is 11.8 Å². The van der Waals surface area contributed by atoms with E-state index in [-0.39, 0.29) is 38.1 Å². The Balaban J connectivity index is 1.73. The topological polar surface area (TPSA) is 96.4 Å². The van der Waals surface area contributed by atoms with Crippen molar-refractivity contribution < 1.29 is 29.0 Å². The molecule has 9 heteroatoms. The largest absolute Gasteiger partial charge is 0.497 e. The number of β-amino-alcohol motifs (C(OH)–C–C–N with tert-alkyl or cyclic N) is 1. The highest BCUT2D eigenvalue weighted by Crippen LogP contribution is 2.71. The minimum Gasteiger partial charge on any atom is -0.497 e. The number of anilines is 1. The predicted molar refractivity (Wildman–Crippen MR) is 139 cm³/mol. The molecule has 8 nitrogen and oxygen atoms in total. The lowest BCUT2D eigenvalue weighted by Gasteiger charge is -2.37. The number of likely N-dealkylation sites (tertiary alicyclic amines) is 1. The van der Waals surface area contributed by atoms with Crippen molar-refractivity contribution in [3.63, 3.8) is 0 Å². The summed E-state index contributed by atoms with van der Waals surface area (Å²) in [4.78, 5) is 44.4. The van der Waals surface area contributed by atoms with Gasteiger partial charge in [0.1, 0.15) is 11.8 Å². The normalized spacial score (nSPS) is 30.1. The highest BCUT2D eigenvalue weighted by Gasteiger charge is 2.77. The van der Waals surface area contributed by atoms with Crippen LogP contribution in [-0.4, -0.2) is 76.7 Å². The van der Waals surface area contributed by atoms with Crippen molar-refractivity contribution >= 4 is 35.2 Å². The SMILES string of the molecule is C=CCCOC(=O)[C@@H]1[C@H]2C(=O)N(CCO)C(C(=O)N(CC=C)c3ccc(OC)cc3)C23CC[C@@]1(C)S3. The second kappa shape index (κ2) is 10.3. The number of aliphatic hydroxyl groups excluding tert-OH is 1. The lowest BCUT2D eigenvalue weighted by atomic mass is 9.66. The van der Waals surface area contributed by atoms with Gasteiger partial charge in [0.25, 0.3) is 5.91 Å². The van der Waals surface area contributed by atoms with Crippen LogP contribution in [0.3, 0.4) is 0 Å². The molecule has 3 saturated heterocycles. The minimum atomic E-state index is -0.818. The van der Waals surface area contributed by atoms with Crippen molar-refractivity contribution in [2.45, 2.75) is 41.7 Å². The number of nitrogens with zero attached hydrogens (tertiary/aromatic N) is 2. The highest BCUT2D eigenvalue weighted by molar-refractivity contribution is 8.02. The molecule has 0 aromatic heterocycles. The summed E-state index contributed by atoms with van der Waals surface area (Å²) >= 11 is 1.58. The number of benzene rings is 1. The van der Waals surface area contributed by atoms with Crippen LogP contribution in [0.1, 0.15) is 26.2 Å². The van der Waals surface area contributed by atoms with Gasteiger partial charge in [0.2, 0.25) is 5.91 Å². The van der Waals surface area contributed by atoms with Crippen molar-refractivity contribution in [3.8, 4) is 5.75 Å². The van der Waals surface area contributed by atoms with E-state index in [0.717, 1.165) is 0 Å². The number of methoxy groups -OCH3 is 1. The summed E-state index contributed by atoms with van der Waals surface area (Å²) in [5.74, 6) is -1.58. The fourth-order valence-electron chi connectivity index (χ4n) is 6.11. The summed E-state index contributed by atoms with van der Waals surface area (Å²) in [7, 11) is 1.57. The van der Waals surface area contributed by atoms with E-state index in [1.807, 2.05) is 6.92 Å². The van der Waals surface area contributed by atoms with Gasteiger partial charge in [-0.15, -0.1) is 24.9 Å². The minimum absolute atomic E-state index is 0.0214. The Morgan fingerprint density at radius 2 is 1.97 bits per heavy atom. The second-order valence-corrected chi connectivity index (χ2v) is 11.6. The van der Waals surface area contributed by atoms with E-state index >= 15 is 0 Å². The number of thioether (sulfide) groups is 1. The number of carbonyl (C=O) groups is 3. The van der Waals surface area contributed by atoms with Gasteiger partial charge in [-0.1, -0.05) is 12.2 Å². The summed E-state index contributed by atoms with van der Waals surface area (Å²) in [6, 6.07) is 6.32. The van der Waals surface area contributed by atoms with Gasteiger partial charge in [-0.25, -0.2) is 0 Å². The maximum atomic E-state index is 14.3. The van der Waals surface area contributed by atoms with Gasteiger partial charge in [-0.2, -0.15) is 0 Å². The van der Waals surface area contributed by atoms with Crippen LogP contribution >= 0.6 is 11.8 Å². The van der Waals surface area contributed by atoms with E-state index in [9.17, 15) is 19.5 Å². The first-order chi connectivity index (χ1) is 17.3. The molecule has 0 saturated carbocycles. The standard InChI is InChI=1S/C27H34N2O6S/c1-5-7-17-35-25(33)21-20-23(31)29(15-16-30)22(27(20)13-12-26(21,3)36-27)24(32)28(14-6-2)18-8-10-19(34-4)11-9-18/h5-6,8-11,20-22,30H,1-2,7,12-17H2,3-4H3/t20-,21-,22?,26+,27?/m0/s1. The van der Waals surface area contributed by atoms with E-state index in [1.54, 1.807) is 60.2 Å². The summed E-state index contributed by atoms with van der Waals surface area (Å²) in [5, 5.41) is 9.80. The molecule has 5 atom stereocenters. The number of fused-ring (bicyclic) bond motifs is 1. The van der Waals surface area contributed by atoms with Crippen LogP contribution in [0.4, 0.5) is 5.69 Å². The summed E-state index contributed by atoms with van der Waals surface area (Å²) in [5.41, 5.74) is 0.654. The molecule has 1 spiro atoms. The molecule has 0 aliphatic carbocycles. The number of esters is 1. The Kier molecular flexibility index (Phi) is 7.52. The Morgan fingerprint density at radius 1 is 1.25 bits per heavy atom. The van der Waals surface area contributed by atoms with Crippen LogP contribution in [0.2, 0.25) is 0 Å². The molecule has 3 heterocycles. The van der Waals surface area contributed by atoms with Crippen molar-refractivity contribution in [2.75, 3.05) is 38.3 Å². The van der Waals surface area contributed by atoms with E-state index in [2.05, 4.69) is 13.2 Å². The fourth-order valence-corrected chi connectivity index (χ4v) is 8.44. The van der Waals surface area contributed by atoms with E-state index in [1.165, 1.54) is 4.90 Å². The number of ether oxygens (including phenoxy) is 2. The Morgan fingerprint density at radius 3 is 2.58 bits per heavy atom. The smallest absolute Gasteiger partial charge is 0.311 e. The third-order valence-electron chi connectivity index (χ3n) is 7.63. The monoisotopic (exact) mass is 514 g/mol. The number of aliphatic hydroxyl groups is 1. The van der Waals surface area contributed by atoms with Gasteiger partial charge >= 0.3 is 5.97 Å². The van der Waals surface area contributed by atoms with Gasteiger partial charge in [-0.3, -0.25) is 14.4 Å². The van der Waals surface area contributed by atoms with Crippen LogP contribution in [-0.2, 0) is 19.1 Å². The van der Waals surface area contributed by atoms with Crippen LogP contribution < -0.4 is 9.64 Å². The predicted octanol–water partition coefficient (Wildman–Crippen LogP) is 2.81. The third-order valence-corrected chi connectivity index (χ3v) is 9.62. The molecule has 3 aliphatic heterocycles. The maximum absolute atomic E-state index is 14.3. The van der Waals surface area contributed by atoms with Gasteiger partial charge < -0.3 is 24.4 Å². The number of amides is 2. The molecule has 1 aromatic rings. The number of hydrogen-bond acceptors (Lipinski definition) is 7. The first-order valence-electron chi connectivity index (χ1n) is 12.2. The second-order valence-electron chi connectivity index (χ2n) is 9.66. The fraction of sp³-hybridized carbons (Fsp3) is 0.519. The molecule has 4 rings (SSSR count). The van der Waals surface area contributed by atoms with Gasteiger partial charge in [0.15, 0.2) is 0 Å². The highest BCUT2D eigenvalue weighted by atomic mass is 32.2. The van der Waals surface area contributed by atoms with E-state index < -0.39 is 33.3 Å². The maximum Gasteiger partial charge on any atom is 0.311 e. The van der Waals surface area contributed by atoms with E-state index in [4.69, 9.17) is 9.47 Å². The lowest BCUT2D eigenvalue weighted by molar-refractivity contribution is -0.155. The molecule has 194 valence electrons. The van der Waals surface area contributed by atoms with Crippen molar-refractivity contribution in [1.82, 2.24) is 4.90 Å². The zero-order valence-electron chi connectivity index (χ0n) is 20.9. The molecular formula is C27H34N2O6S. The van der Waals surface area contributed by atoms with E-state index in [0.29, 0.717) is 30.7 Å². The van der Waals surface area contributed by atoms with Crippen molar-refractivity contribution in [2.24, 2.45) is 11.8 Å². The summed E-state index contributed by atoms with van der Waals surface area (Å²) in [6.45, 7) is 9.68. The zero-order chi connectivity index (χ0) is 26.1. The first-order valence-corrected chi connectivity index (χ1v) is 13.0. The van der Waals surface area contributed by atoms with Gasteiger partial charge in [0, 0.05) is 23.5 Å². The van der Waals surface area contributed by atoms with Crippen molar-refractivity contribution in [1.29, 1.82) is 0 Å². The van der Waals surface area contributed by atoms with Crippen LogP contribution in [0.15, 0.2) is 49.6 Å². The van der Waals surface area contributed by atoms with Crippen LogP contribution in [0.25, 0.3) is 0 Å². The molecule has 3 aliphatic rings. The molecule has 3 fully saturated rings. The van der Waals surface area contributed by atoms with Crippen molar-refractivity contribution in [3.05, 3.63) is 49.6 Å². The average Bonchev–Trinajstić information content (AvgIpc) is 3.43. The Hall–Kier alpha value is -2.78. The lowest BCUT2D eigenvalue weighted by Crippen LogP contribution is -2.55. The number of carbonyl (C=O) groups excluding carboxylic acids is 3. The molecule has 1 aromatic carbocycles. The molecule has 2 amide bonds. The average molecular weight is 515 g/mol. The first kappa shape index (κ1) is 26.3. The number of rotatable bonds is 11. The molecule has 0 radical (unpaired) electrons. The number of hydrogen-bond donors (Lipinski definition) is 1. The van der Waals surface area contributed by atoms with Crippen LogP contribution in [0.5, 0.6) is 5.75 Å². The van der Waals surface area contributed by atoms with Gasteiger partial charge in [0.05, 0.1) is 36.9 Å². The quantitative estimate of drug-likeness (QED) is 0.276. The van der Waals surface area contributed by atoms with Gasteiger partial charge in [-0.05, 0) is 50.5 Å². The Labute approximate surface area is 216 Å². The summed E-state index contributed by atoms with van der Waals surface area (Å²) in [6.07, 6.45) is 5.18. The Bertz CT molecular complexity index is 1050. The third kappa shape index (κ3) is 4.12.